The van der Waals surface area contributed by atoms with Gasteiger partial charge >= 0.3 is 6.03 Å². The van der Waals surface area contributed by atoms with Crippen molar-refractivity contribution in [2.45, 2.75) is 19.9 Å². The molecule has 0 bridgehead atoms. The van der Waals surface area contributed by atoms with Crippen molar-refractivity contribution in [3.8, 4) is 0 Å². The highest BCUT2D eigenvalue weighted by atomic mass is 32.1. The van der Waals surface area contributed by atoms with Gasteiger partial charge in [0.05, 0.1) is 23.3 Å². The molecule has 5 rings (SSSR count). The van der Waals surface area contributed by atoms with Crippen molar-refractivity contribution in [3.63, 3.8) is 0 Å². The summed E-state index contributed by atoms with van der Waals surface area (Å²) in [5.74, 6) is -0.260. The van der Waals surface area contributed by atoms with Crippen LogP contribution in [0, 0.1) is 6.92 Å². The Morgan fingerprint density at radius 3 is 2.83 bits per heavy atom. The molecule has 150 valence electrons. The van der Waals surface area contributed by atoms with Gasteiger partial charge in [-0.1, -0.05) is 18.2 Å². The van der Waals surface area contributed by atoms with Gasteiger partial charge in [-0.15, -0.1) is 11.3 Å². The van der Waals surface area contributed by atoms with Crippen molar-refractivity contribution >= 4 is 50.0 Å². The lowest BCUT2D eigenvalue weighted by Crippen LogP contribution is -2.45. The van der Waals surface area contributed by atoms with E-state index in [0.29, 0.717) is 17.0 Å². The highest BCUT2D eigenvalue weighted by Crippen LogP contribution is 2.39. The number of anilines is 1. The molecule has 30 heavy (non-hydrogen) atoms. The Bertz CT molecular complexity index is 1350. The molecule has 0 saturated carbocycles. The topological polar surface area (TPSA) is 98.9 Å². The number of rotatable bonds is 3. The van der Waals surface area contributed by atoms with Crippen molar-refractivity contribution in [2.24, 2.45) is 0 Å². The molecule has 1 unspecified atom stereocenters. The van der Waals surface area contributed by atoms with E-state index >= 15 is 0 Å². The zero-order valence-electron chi connectivity index (χ0n) is 16.4. The number of nitrogens with one attached hydrogen (secondary N) is 4. The van der Waals surface area contributed by atoms with Gasteiger partial charge in [-0.25, -0.2) is 4.79 Å². The average molecular weight is 417 g/mol. The standard InChI is InChI=1S/C22H19N5O2S/c1-11-15-5-3-4-6-17(15)30-20(11)19-18(12(2)24-22(29)26-19)21(28)25-14-7-8-16-13(9-14)10-23-27-16/h3-10,19H,1-2H3,(H,23,27)(H,25,28)(H2,24,26,29). The lowest BCUT2D eigenvalue weighted by Gasteiger charge is -2.28. The second-order valence-electron chi connectivity index (χ2n) is 7.28. The summed E-state index contributed by atoms with van der Waals surface area (Å²) >= 11 is 1.60. The van der Waals surface area contributed by atoms with E-state index in [9.17, 15) is 9.59 Å². The molecule has 3 heterocycles. The summed E-state index contributed by atoms with van der Waals surface area (Å²) in [5, 5.41) is 17.6. The second-order valence-corrected chi connectivity index (χ2v) is 8.37. The highest BCUT2D eigenvalue weighted by molar-refractivity contribution is 7.19. The Morgan fingerprint density at radius 1 is 1.17 bits per heavy atom. The van der Waals surface area contributed by atoms with Gasteiger partial charge in [0.25, 0.3) is 5.91 Å². The van der Waals surface area contributed by atoms with Gasteiger partial charge in [0.1, 0.15) is 0 Å². The van der Waals surface area contributed by atoms with Crippen LogP contribution >= 0.6 is 11.3 Å². The van der Waals surface area contributed by atoms with E-state index in [0.717, 1.165) is 31.4 Å². The van der Waals surface area contributed by atoms with Crippen LogP contribution in [0.2, 0.25) is 0 Å². The summed E-state index contributed by atoms with van der Waals surface area (Å²) < 4.78 is 1.13. The third-order valence-corrected chi connectivity index (χ3v) is 6.69. The molecule has 0 aliphatic carbocycles. The first-order valence-corrected chi connectivity index (χ1v) is 10.3. The van der Waals surface area contributed by atoms with Crippen LogP contribution in [0.1, 0.15) is 23.4 Å². The SMILES string of the molecule is CC1=C(C(=O)Nc2ccc3[nH]ncc3c2)C(c2sc3ccccc3c2C)NC(=O)N1. The number of urea groups is 1. The molecule has 0 spiro atoms. The summed E-state index contributed by atoms with van der Waals surface area (Å²) in [6.45, 7) is 3.78. The molecule has 0 radical (unpaired) electrons. The Labute approximate surface area is 176 Å². The Morgan fingerprint density at radius 2 is 2.00 bits per heavy atom. The molecule has 7 nitrogen and oxygen atoms in total. The smallest absolute Gasteiger partial charge is 0.319 e. The minimum absolute atomic E-state index is 0.260. The largest absolute Gasteiger partial charge is 0.326 e. The van der Waals surface area contributed by atoms with Crippen molar-refractivity contribution in [3.05, 3.63) is 70.4 Å². The van der Waals surface area contributed by atoms with Crippen molar-refractivity contribution < 1.29 is 9.59 Å². The van der Waals surface area contributed by atoms with Gasteiger partial charge in [0.2, 0.25) is 0 Å². The number of carbonyl (C=O) groups excluding carboxylic acids is 2. The number of carbonyl (C=O) groups is 2. The van der Waals surface area contributed by atoms with Gasteiger partial charge in [0, 0.05) is 26.3 Å². The number of amides is 3. The summed E-state index contributed by atoms with van der Waals surface area (Å²) in [4.78, 5) is 26.5. The molecule has 1 atom stereocenters. The molecule has 0 saturated heterocycles. The van der Waals surface area contributed by atoms with E-state index in [4.69, 9.17) is 0 Å². The van der Waals surface area contributed by atoms with Gasteiger partial charge in [0.15, 0.2) is 0 Å². The van der Waals surface area contributed by atoms with Crippen LogP contribution in [0.3, 0.4) is 0 Å². The number of aryl methyl sites for hydroxylation is 1. The van der Waals surface area contributed by atoms with E-state index in [2.05, 4.69) is 38.3 Å². The third-order valence-electron chi connectivity index (χ3n) is 5.35. The van der Waals surface area contributed by atoms with Gasteiger partial charge < -0.3 is 16.0 Å². The average Bonchev–Trinajstić information content (AvgIpc) is 3.31. The molecule has 3 amide bonds. The minimum atomic E-state index is -0.520. The number of nitrogens with zero attached hydrogens (tertiary/aromatic N) is 1. The molecular formula is C22H19N5O2S. The zero-order valence-corrected chi connectivity index (χ0v) is 17.2. The Kier molecular flexibility index (Phi) is 4.29. The number of thiophene rings is 1. The zero-order chi connectivity index (χ0) is 20.8. The molecule has 1 aliphatic rings. The number of hydrogen-bond donors (Lipinski definition) is 4. The summed E-state index contributed by atoms with van der Waals surface area (Å²) in [5.41, 5.74) is 3.67. The number of hydrogen-bond acceptors (Lipinski definition) is 4. The predicted octanol–water partition coefficient (Wildman–Crippen LogP) is 4.35. The van der Waals surface area contributed by atoms with Crippen molar-refractivity contribution in [1.82, 2.24) is 20.8 Å². The van der Waals surface area contributed by atoms with Crippen LogP contribution in [-0.4, -0.2) is 22.1 Å². The van der Waals surface area contributed by atoms with Crippen molar-refractivity contribution in [1.29, 1.82) is 0 Å². The first-order valence-electron chi connectivity index (χ1n) is 9.52. The summed E-state index contributed by atoms with van der Waals surface area (Å²) in [6, 6.07) is 12.8. The molecule has 2 aromatic carbocycles. The maximum Gasteiger partial charge on any atom is 0.319 e. The first-order chi connectivity index (χ1) is 14.5. The van der Waals surface area contributed by atoms with Crippen LogP contribution in [0.25, 0.3) is 21.0 Å². The molecule has 0 fully saturated rings. The Hall–Kier alpha value is -3.65. The fourth-order valence-corrected chi connectivity index (χ4v) is 5.15. The quantitative estimate of drug-likeness (QED) is 0.399. The third kappa shape index (κ3) is 3.02. The number of aromatic nitrogens is 2. The molecule has 8 heteroatoms. The van der Waals surface area contributed by atoms with Crippen LogP contribution in [-0.2, 0) is 4.79 Å². The molecule has 2 aromatic heterocycles. The van der Waals surface area contributed by atoms with Crippen LogP contribution in [0.15, 0.2) is 59.9 Å². The summed E-state index contributed by atoms with van der Waals surface area (Å²) in [7, 11) is 0. The molecule has 1 aliphatic heterocycles. The van der Waals surface area contributed by atoms with E-state index in [1.54, 1.807) is 24.5 Å². The van der Waals surface area contributed by atoms with E-state index in [1.165, 1.54) is 0 Å². The van der Waals surface area contributed by atoms with Crippen LogP contribution in [0.5, 0.6) is 0 Å². The van der Waals surface area contributed by atoms with Crippen LogP contribution in [0.4, 0.5) is 10.5 Å². The van der Waals surface area contributed by atoms with Gasteiger partial charge in [-0.2, -0.15) is 5.10 Å². The number of fused-ring (bicyclic) bond motifs is 2. The molecule has 4 aromatic rings. The minimum Gasteiger partial charge on any atom is -0.326 e. The monoisotopic (exact) mass is 417 g/mol. The second kappa shape index (κ2) is 7.00. The van der Waals surface area contributed by atoms with E-state index in [1.807, 2.05) is 37.3 Å². The first kappa shape index (κ1) is 18.4. The van der Waals surface area contributed by atoms with E-state index in [-0.39, 0.29) is 11.9 Å². The maximum atomic E-state index is 13.3. The fraction of sp³-hybridized carbons (Fsp3) is 0.136. The van der Waals surface area contributed by atoms with Crippen LogP contribution < -0.4 is 16.0 Å². The highest BCUT2D eigenvalue weighted by Gasteiger charge is 2.33. The lowest BCUT2D eigenvalue weighted by atomic mass is 9.97. The fourth-order valence-electron chi connectivity index (χ4n) is 3.88. The number of allylic oxidation sites excluding steroid dienone is 1. The number of aromatic amines is 1. The molecule has 4 N–H and O–H groups in total. The van der Waals surface area contributed by atoms with Crippen molar-refractivity contribution in [2.75, 3.05) is 5.32 Å². The lowest BCUT2D eigenvalue weighted by molar-refractivity contribution is -0.113. The molecular weight excluding hydrogens is 398 g/mol. The number of benzene rings is 2. The number of H-pyrrole nitrogens is 1. The van der Waals surface area contributed by atoms with E-state index < -0.39 is 6.04 Å². The van der Waals surface area contributed by atoms with Gasteiger partial charge in [-0.05, 0) is 49.1 Å². The normalized spacial score (nSPS) is 16.6. The Balaban J connectivity index is 1.54. The summed E-state index contributed by atoms with van der Waals surface area (Å²) in [6.07, 6.45) is 1.71. The maximum absolute atomic E-state index is 13.3. The van der Waals surface area contributed by atoms with Gasteiger partial charge in [-0.3, -0.25) is 9.89 Å². The predicted molar refractivity (Wildman–Crippen MR) is 118 cm³/mol.